The van der Waals surface area contributed by atoms with Crippen molar-refractivity contribution in [2.45, 2.75) is 25.7 Å². The van der Waals surface area contributed by atoms with Gasteiger partial charge in [0.25, 0.3) is 5.91 Å². The number of likely N-dealkylation sites (tertiary alicyclic amines) is 1. The zero-order valence-electron chi connectivity index (χ0n) is 14.6. The van der Waals surface area contributed by atoms with Crippen LogP contribution in [0.2, 0.25) is 0 Å². The largest absolute Gasteiger partial charge is 0.337 e. The van der Waals surface area contributed by atoms with E-state index in [9.17, 15) is 4.79 Å². The minimum atomic E-state index is -0.0628. The Bertz CT molecular complexity index is 890. The van der Waals surface area contributed by atoms with Gasteiger partial charge in [-0.1, -0.05) is 0 Å². The minimum Gasteiger partial charge on any atom is -0.337 e. The molecule has 3 aromatic rings. The van der Waals surface area contributed by atoms with Crippen molar-refractivity contribution in [1.82, 2.24) is 30.0 Å². The van der Waals surface area contributed by atoms with E-state index in [1.807, 2.05) is 30.2 Å². The van der Waals surface area contributed by atoms with Crippen molar-refractivity contribution in [2.24, 2.45) is 0 Å². The summed E-state index contributed by atoms with van der Waals surface area (Å²) in [5.74, 6) is 0.156. The predicted octanol–water partition coefficient (Wildman–Crippen LogP) is 2.59. The molecule has 1 N–H and O–H groups in total. The summed E-state index contributed by atoms with van der Waals surface area (Å²) in [6.07, 6.45) is 10.5. The predicted molar refractivity (Wildman–Crippen MR) is 96.5 cm³/mol. The van der Waals surface area contributed by atoms with E-state index < -0.39 is 0 Å². The molecule has 0 aromatic carbocycles. The van der Waals surface area contributed by atoms with Gasteiger partial charge < -0.3 is 4.90 Å². The summed E-state index contributed by atoms with van der Waals surface area (Å²) in [5, 5.41) is 7.38. The van der Waals surface area contributed by atoms with Gasteiger partial charge in [0.15, 0.2) is 0 Å². The third-order valence-electron chi connectivity index (χ3n) is 4.78. The van der Waals surface area contributed by atoms with Crippen molar-refractivity contribution in [3.8, 4) is 11.1 Å². The Hall–Kier alpha value is -3.09. The first-order valence-electron chi connectivity index (χ1n) is 8.74. The second-order valence-corrected chi connectivity index (χ2v) is 6.57. The molecule has 132 valence electrons. The molecule has 1 amide bonds. The molecule has 1 atom stereocenters. The van der Waals surface area contributed by atoms with Crippen molar-refractivity contribution in [3.63, 3.8) is 0 Å². The second kappa shape index (κ2) is 7.03. The normalized spacial score (nSPS) is 17.3. The fourth-order valence-corrected chi connectivity index (χ4v) is 3.43. The van der Waals surface area contributed by atoms with Crippen molar-refractivity contribution >= 4 is 5.91 Å². The maximum Gasteiger partial charge on any atom is 0.274 e. The van der Waals surface area contributed by atoms with Crippen LogP contribution < -0.4 is 0 Å². The van der Waals surface area contributed by atoms with Crippen molar-refractivity contribution in [2.75, 3.05) is 13.1 Å². The van der Waals surface area contributed by atoms with E-state index in [4.69, 9.17) is 0 Å². The van der Waals surface area contributed by atoms with Gasteiger partial charge in [0.05, 0.1) is 18.1 Å². The Labute approximate surface area is 151 Å². The lowest BCUT2D eigenvalue weighted by atomic mass is 9.90. The molecule has 7 nitrogen and oxygen atoms in total. The lowest BCUT2D eigenvalue weighted by molar-refractivity contribution is 0.0699. The molecule has 1 aliphatic heterocycles. The zero-order chi connectivity index (χ0) is 17.9. The SMILES string of the molecule is Cc1cnc(C(=O)N2CCC[C@@H](c3[nH]ncc3-c3ccncc3)C2)cn1. The lowest BCUT2D eigenvalue weighted by Gasteiger charge is -2.32. The number of hydrogen-bond acceptors (Lipinski definition) is 5. The van der Waals surface area contributed by atoms with Crippen LogP contribution in [0, 0.1) is 6.92 Å². The molecule has 26 heavy (non-hydrogen) atoms. The fraction of sp³-hybridized carbons (Fsp3) is 0.316. The Morgan fingerprint density at radius 3 is 2.81 bits per heavy atom. The average molecular weight is 348 g/mol. The first-order valence-corrected chi connectivity index (χ1v) is 8.74. The molecule has 0 spiro atoms. The van der Waals surface area contributed by atoms with E-state index in [2.05, 4.69) is 25.1 Å². The summed E-state index contributed by atoms with van der Waals surface area (Å²) in [6.45, 7) is 3.25. The third-order valence-corrected chi connectivity index (χ3v) is 4.78. The molecule has 3 aromatic heterocycles. The Kier molecular flexibility index (Phi) is 4.43. The maximum absolute atomic E-state index is 12.8. The summed E-state index contributed by atoms with van der Waals surface area (Å²) in [7, 11) is 0. The molecule has 0 saturated carbocycles. The Morgan fingerprint density at radius 2 is 2.04 bits per heavy atom. The van der Waals surface area contributed by atoms with Crippen LogP contribution in [0.3, 0.4) is 0 Å². The third kappa shape index (κ3) is 3.20. The number of aryl methyl sites for hydroxylation is 1. The zero-order valence-corrected chi connectivity index (χ0v) is 14.6. The number of nitrogens with one attached hydrogen (secondary N) is 1. The minimum absolute atomic E-state index is 0.0628. The van der Waals surface area contributed by atoms with Crippen molar-refractivity contribution < 1.29 is 4.79 Å². The van der Waals surface area contributed by atoms with Crippen LogP contribution in [0.25, 0.3) is 11.1 Å². The smallest absolute Gasteiger partial charge is 0.274 e. The summed E-state index contributed by atoms with van der Waals surface area (Å²) >= 11 is 0. The van der Waals surface area contributed by atoms with Crippen LogP contribution in [0.15, 0.2) is 43.1 Å². The summed E-state index contributed by atoms with van der Waals surface area (Å²) in [6, 6.07) is 3.95. The highest BCUT2D eigenvalue weighted by atomic mass is 16.2. The summed E-state index contributed by atoms with van der Waals surface area (Å²) in [5.41, 5.74) is 4.43. The number of carbonyl (C=O) groups is 1. The number of H-pyrrole nitrogens is 1. The number of aromatic nitrogens is 5. The van der Waals surface area contributed by atoms with Gasteiger partial charge in [0.1, 0.15) is 5.69 Å². The van der Waals surface area contributed by atoms with Crippen molar-refractivity contribution in [3.05, 3.63) is 60.2 Å². The molecule has 1 fully saturated rings. The highest BCUT2D eigenvalue weighted by Crippen LogP contribution is 2.33. The molecule has 1 aliphatic rings. The topological polar surface area (TPSA) is 87.7 Å². The number of hydrogen-bond donors (Lipinski definition) is 1. The first kappa shape index (κ1) is 16.4. The van der Waals surface area contributed by atoms with Gasteiger partial charge in [-0.25, -0.2) is 4.98 Å². The van der Waals surface area contributed by atoms with Gasteiger partial charge >= 0.3 is 0 Å². The molecule has 0 bridgehead atoms. The van der Waals surface area contributed by atoms with E-state index in [0.717, 1.165) is 41.9 Å². The van der Waals surface area contributed by atoms with Crippen LogP contribution >= 0.6 is 0 Å². The Morgan fingerprint density at radius 1 is 1.19 bits per heavy atom. The monoisotopic (exact) mass is 348 g/mol. The highest BCUT2D eigenvalue weighted by molar-refractivity contribution is 5.92. The standard InChI is InChI=1S/C19H20N6O/c1-13-9-22-17(11-21-13)19(26)25-8-2-3-15(12-25)18-16(10-23-24-18)14-4-6-20-7-5-14/h4-7,9-11,15H,2-3,8,12H2,1H3,(H,23,24)/t15-/m1/s1. The van der Waals surface area contributed by atoms with Crippen molar-refractivity contribution in [1.29, 1.82) is 0 Å². The van der Waals surface area contributed by atoms with Gasteiger partial charge in [-0.2, -0.15) is 5.10 Å². The second-order valence-electron chi connectivity index (χ2n) is 6.57. The first-order chi connectivity index (χ1) is 12.7. The average Bonchev–Trinajstić information content (AvgIpc) is 3.19. The van der Waals surface area contributed by atoms with Crippen LogP contribution in [0.4, 0.5) is 0 Å². The maximum atomic E-state index is 12.8. The fourth-order valence-electron chi connectivity index (χ4n) is 3.43. The highest BCUT2D eigenvalue weighted by Gasteiger charge is 2.28. The molecule has 4 rings (SSSR count). The van der Waals surface area contributed by atoms with Gasteiger partial charge in [-0.05, 0) is 37.5 Å². The molecular formula is C19H20N6O. The number of amides is 1. The molecule has 0 unspecified atom stereocenters. The lowest BCUT2D eigenvalue weighted by Crippen LogP contribution is -2.39. The quantitative estimate of drug-likeness (QED) is 0.786. The van der Waals surface area contributed by atoms with Crippen LogP contribution in [-0.2, 0) is 0 Å². The summed E-state index contributed by atoms with van der Waals surface area (Å²) in [4.78, 5) is 27.1. The molecule has 0 radical (unpaired) electrons. The van der Waals surface area contributed by atoms with Crippen LogP contribution in [0.1, 0.15) is 40.6 Å². The van der Waals surface area contributed by atoms with Gasteiger partial charge in [-0.3, -0.25) is 19.9 Å². The van der Waals surface area contributed by atoms with Crippen LogP contribution in [-0.4, -0.2) is 49.0 Å². The van der Waals surface area contributed by atoms with E-state index in [-0.39, 0.29) is 11.8 Å². The van der Waals surface area contributed by atoms with Crippen LogP contribution in [0.5, 0.6) is 0 Å². The number of nitrogens with zero attached hydrogens (tertiary/aromatic N) is 5. The molecular weight excluding hydrogens is 328 g/mol. The number of piperidine rings is 1. The van der Waals surface area contributed by atoms with E-state index in [0.29, 0.717) is 12.2 Å². The molecule has 1 saturated heterocycles. The summed E-state index contributed by atoms with van der Waals surface area (Å²) < 4.78 is 0. The Balaban J connectivity index is 1.55. The van der Waals surface area contributed by atoms with Gasteiger partial charge in [0.2, 0.25) is 0 Å². The van der Waals surface area contributed by atoms with E-state index in [1.54, 1.807) is 24.8 Å². The number of carbonyl (C=O) groups excluding carboxylic acids is 1. The van der Waals surface area contributed by atoms with E-state index in [1.165, 1.54) is 0 Å². The number of pyridine rings is 1. The van der Waals surface area contributed by atoms with Gasteiger partial charge in [-0.15, -0.1) is 0 Å². The van der Waals surface area contributed by atoms with Gasteiger partial charge in [0, 0.05) is 48.9 Å². The molecule has 7 heteroatoms. The molecule has 4 heterocycles. The number of aromatic amines is 1. The van der Waals surface area contributed by atoms with E-state index >= 15 is 0 Å². The molecule has 0 aliphatic carbocycles. The number of rotatable bonds is 3.